The summed E-state index contributed by atoms with van der Waals surface area (Å²) in [6.07, 6.45) is 2.17. The first-order chi connectivity index (χ1) is 9.39. The molecule has 108 valence electrons. The molecule has 1 aliphatic rings. The quantitative estimate of drug-likeness (QED) is 0.608. The monoisotopic (exact) mass is 276 g/mol. The van der Waals surface area contributed by atoms with Crippen LogP contribution in [0, 0.1) is 0 Å². The van der Waals surface area contributed by atoms with Crippen molar-refractivity contribution in [2.24, 2.45) is 5.16 Å². The summed E-state index contributed by atoms with van der Waals surface area (Å²) in [7, 11) is 0. The SMILES string of the molecule is CC(C)(C)OC(=O)Nc1ccc2c(c1)CCC/C2=N\O. The molecule has 0 heterocycles. The Balaban J connectivity index is 2.14. The summed E-state index contributed by atoms with van der Waals surface area (Å²) in [5.41, 5.74) is 2.91. The lowest BCUT2D eigenvalue weighted by Gasteiger charge is -2.21. The van der Waals surface area contributed by atoms with Crippen molar-refractivity contribution in [2.45, 2.75) is 45.6 Å². The molecule has 0 saturated heterocycles. The molecule has 20 heavy (non-hydrogen) atoms. The van der Waals surface area contributed by atoms with Crippen molar-refractivity contribution in [1.29, 1.82) is 0 Å². The van der Waals surface area contributed by atoms with Gasteiger partial charge in [-0.25, -0.2) is 4.79 Å². The molecule has 5 heteroatoms. The molecule has 0 atom stereocenters. The Kier molecular flexibility index (Phi) is 3.97. The third-order valence-corrected chi connectivity index (χ3v) is 3.04. The number of rotatable bonds is 1. The number of hydrogen-bond donors (Lipinski definition) is 2. The molecule has 0 fully saturated rings. The smallest absolute Gasteiger partial charge is 0.412 e. The lowest BCUT2D eigenvalue weighted by atomic mass is 9.90. The van der Waals surface area contributed by atoms with Gasteiger partial charge in [0.25, 0.3) is 0 Å². The molecule has 0 unspecified atom stereocenters. The Morgan fingerprint density at radius 1 is 1.35 bits per heavy atom. The maximum absolute atomic E-state index is 11.7. The topological polar surface area (TPSA) is 70.9 Å². The molecule has 0 spiro atoms. The third-order valence-electron chi connectivity index (χ3n) is 3.04. The van der Waals surface area contributed by atoms with E-state index < -0.39 is 11.7 Å². The van der Waals surface area contributed by atoms with Crippen LogP contribution in [0.4, 0.5) is 10.5 Å². The van der Waals surface area contributed by atoms with Gasteiger partial charge in [0.15, 0.2) is 0 Å². The molecule has 2 N–H and O–H groups in total. The molecular weight excluding hydrogens is 256 g/mol. The predicted octanol–water partition coefficient (Wildman–Crippen LogP) is 3.55. The number of fused-ring (bicyclic) bond motifs is 1. The van der Waals surface area contributed by atoms with Crippen molar-refractivity contribution in [3.63, 3.8) is 0 Å². The second-order valence-electron chi connectivity index (χ2n) is 5.90. The fourth-order valence-electron chi connectivity index (χ4n) is 2.27. The first kappa shape index (κ1) is 14.4. The minimum absolute atomic E-state index is 0.468. The van der Waals surface area contributed by atoms with E-state index in [0.29, 0.717) is 11.4 Å². The first-order valence-electron chi connectivity index (χ1n) is 6.73. The number of hydrogen-bond acceptors (Lipinski definition) is 4. The van der Waals surface area contributed by atoms with Crippen molar-refractivity contribution in [2.75, 3.05) is 5.32 Å². The van der Waals surface area contributed by atoms with Crippen molar-refractivity contribution in [3.8, 4) is 0 Å². The van der Waals surface area contributed by atoms with E-state index >= 15 is 0 Å². The lowest BCUT2D eigenvalue weighted by Crippen LogP contribution is -2.27. The summed E-state index contributed by atoms with van der Waals surface area (Å²) >= 11 is 0. The summed E-state index contributed by atoms with van der Waals surface area (Å²) in [5.74, 6) is 0. The summed E-state index contributed by atoms with van der Waals surface area (Å²) in [5, 5.41) is 15.0. The molecule has 5 nitrogen and oxygen atoms in total. The minimum Gasteiger partial charge on any atom is -0.444 e. The zero-order valence-corrected chi connectivity index (χ0v) is 12.1. The molecule has 0 aromatic heterocycles. The third kappa shape index (κ3) is 3.50. The Hall–Kier alpha value is -2.04. The molecular formula is C15H20N2O3. The van der Waals surface area contributed by atoms with E-state index in [1.807, 2.05) is 32.9 Å². The molecule has 1 aromatic carbocycles. The van der Waals surface area contributed by atoms with E-state index in [-0.39, 0.29) is 0 Å². The van der Waals surface area contributed by atoms with Gasteiger partial charge in [-0.3, -0.25) is 5.32 Å². The van der Waals surface area contributed by atoms with Gasteiger partial charge < -0.3 is 9.94 Å². The van der Waals surface area contributed by atoms with Gasteiger partial charge in [-0.2, -0.15) is 0 Å². The van der Waals surface area contributed by atoms with Crippen LogP contribution in [0.5, 0.6) is 0 Å². The van der Waals surface area contributed by atoms with E-state index in [9.17, 15) is 4.79 Å². The van der Waals surface area contributed by atoms with Crippen LogP contribution in [0.2, 0.25) is 0 Å². The number of carbonyl (C=O) groups is 1. The van der Waals surface area contributed by atoms with Crippen LogP contribution in [-0.2, 0) is 11.2 Å². The van der Waals surface area contributed by atoms with Crippen LogP contribution < -0.4 is 5.32 Å². The number of carbonyl (C=O) groups excluding carboxylic acids is 1. The number of ether oxygens (including phenoxy) is 1. The van der Waals surface area contributed by atoms with Crippen molar-refractivity contribution in [3.05, 3.63) is 29.3 Å². The predicted molar refractivity (Wildman–Crippen MR) is 77.6 cm³/mol. The summed E-state index contributed by atoms with van der Waals surface area (Å²) in [6, 6.07) is 5.57. The van der Waals surface area contributed by atoms with Gasteiger partial charge in [-0.1, -0.05) is 11.2 Å². The van der Waals surface area contributed by atoms with Crippen LogP contribution in [0.3, 0.4) is 0 Å². The molecule has 1 aromatic rings. The van der Waals surface area contributed by atoms with Crippen molar-refractivity contribution in [1.82, 2.24) is 0 Å². The standard InChI is InChI=1S/C15H20N2O3/c1-15(2,3)20-14(18)16-11-7-8-12-10(9-11)5-4-6-13(12)17-19/h7-9,19H,4-6H2,1-3H3,(H,16,18)/b17-13+. The molecule has 2 rings (SSSR count). The fraction of sp³-hybridized carbons (Fsp3) is 0.467. The molecule has 1 amide bonds. The number of anilines is 1. The maximum Gasteiger partial charge on any atom is 0.412 e. The summed E-state index contributed by atoms with van der Waals surface area (Å²) in [6.45, 7) is 5.47. The summed E-state index contributed by atoms with van der Waals surface area (Å²) in [4.78, 5) is 11.7. The van der Waals surface area contributed by atoms with Crippen LogP contribution >= 0.6 is 0 Å². The number of amides is 1. The van der Waals surface area contributed by atoms with Gasteiger partial charge in [-0.15, -0.1) is 0 Å². The van der Waals surface area contributed by atoms with E-state index in [2.05, 4.69) is 10.5 Å². The van der Waals surface area contributed by atoms with Gasteiger partial charge in [0.05, 0.1) is 5.71 Å². The van der Waals surface area contributed by atoms with Gasteiger partial charge in [-0.05, 0) is 57.7 Å². The highest BCUT2D eigenvalue weighted by Gasteiger charge is 2.19. The van der Waals surface area contributed by atoms with Gasteiger partial charge in [0.1, 0.15) is 5.60 Å². The average Bonchev–Trinajstić information content (AvgIpc) is 2.35. The van der Waals surface area contributed by atoms with Crippen LogP contribution in [0.15, 0.2) is 23.4 Å². The van der Waals surface area contributed by atoms with Crippen molar-refractivity contribution >= 4 is 17.5 Å². The zero-order valence-electron chi connectivity index (χ0n) is 12.1. The fourth-order valence-corrected chi connectivity index (χ4v) is 2.27. The zero-order chi connectivity index (χ0) is 14.8. The van der Waals surface area contributed by atoms with Crippen LogP contribution in [0.1, 0.15) is 44.7 Å². The van der Waals surface area contributed by atoms with E-state index in [1.165, 1.54) is 0 Å². The number of aryl methyl sites for hydroxylation is 1. The van der Waals surface area contributed by atoms with Gasteiger partial charge in [0, 0.05) is 11.3 Å². The number of nitrogens with one attached hydrogen (secondary N) is 1. The second kappa shape index (κ2) is 5.53. The average molecular weight is 276 g/mol. The maximum atomic E-state index is 11.7. The Morgan fingerprint density at radius 3 is 2.75 bits per heavy atom. The van der Waals surface area contributed by atoms with Crippen LogP contribution in [-0.4, -0.2) is 22.6 Å². The van der Waals surface area contributed by atoms with E-state index in [0.717, 1.165) is 30.4 Å². The normalized spacial score (nSPS) is 16.6. The van der Waals surface area contributed by atoms with Crippen molar-refractivity contribution < 1.29 is 14.7 Å². The Bertz CT molecular complexity index is 545. The van der Waals surface area contributed by atoms with E-state index in [4.69, 9.17) is 9.94 Å². The molecule has 0 aliphatic heterocycles. The second-order valence-corrected chi connectivity index (χ2v) is 5.90. The van der Waals surface area contributed by atoms with Gasteiger partial charge in [0.2, 0.25) is 0 Å². The minimum atomic E-state index is -0.519. The number of oxime groups is 1. The molecule has 0 saturated carbocycles. The highest BCUT2D eigenvalue weighted by atomic mass is 16.6. The highest BCUT2D eigenvalue weighted by molar-refractivity contribution is 6.02. The van der Waals surface area contributed by atoms with E-state index in [1.54, 1.807) is 6.07 Å². The largest absolute Gasteiger partial charge is 0.444 e. The molecule has 0 radical (unpaired) electrons. The summed E-state index contributed by atoms with van der Waals surface area (Å²) < 4.78 is 5.21. The Labute approximate surface area is 118 Å². The van der Waals surface area contributed by atoms with Gasteiger partial charge >= 0.3 is 6.09 Å². The first-order valence-corrected chi connectivity index (χ1v) is 6.73. The molecule has 0 bridgehead atoms. The van der Waals surface area contributed by atoms with Crippen LogP contribution in [0.25, 0.3) is 0 Å². The Morgan fingerprint density at radius 2 is 2.10 bits per heavy atom. The number of nitrogens with zero attached hydrogens (tertiary/aromatic N) is 1. The highest BCUT2D eigenvalue weighted by Crippen LogP contribution is 2.25. The lowest BCUT2D eigenvalue weighted by molar-refractivity contribution is 0.0636. The molecule has 1 aliphatic carbocycles. The number of benzene rings is 1.